The molecule has 5 nitrogen and oxygen atoms in total. The van der Waals surface area contributed by atoms with Gasteiger partial charge in [0.05, 0.1) is 0 Å². The molecule has 1 saturated carbocycles. The largest absolute Gasteiger partial charge is 0.353 e. The molecule has 1 fully saturated rings. The Labute approximate surface area is 169 Å². The van der Waals surface area contributed by atoms with Gasteiger partial charge in [-0.1, -0.05) is 48.3 Å². The van der Waals surface area contributed by atoms with Crippen LogP contribution in [0, 0.1) is 0 Å². The zero-order valence-electron chi connectivity index (χ0n) is 15.5. The molecule has 0 bridgehead atoms. The first-order chi connectivity index (χ1) is 13.2. The summed E-state index contributed by atoms with van der Waals surface area (Å²) >= 11 is 7.51. The van der Waals surface area contributed by atoms with Gasteiger partial charge >= 0.3 is 0 Å². The van der Waals surface area contributed by atoms with Crippen LogP contribution in [0.15, 0.2) is 35.5 Å². The van der Waals surface area contributed by atoms with Gasteiger partial charge in [-0.25, -0.2) is 0 Å². The Morgan fingerprint density at radius 3 is 2.74 bits per heavy atom. The minimum atomic E-state index is -0.0907. The summed E-state index contributed by atoms with van der Waals surface area (Å²) in [4.78, 5) is 12.0. The SMILES string of the molecule is CSc1nnc(CCCNC(=O)/C=C/c2ccc(Cl)cc2)n1C1CCCC1. The number of carbonyl (C=O) groups excluding carboxylic acids is 1. The highest BCUT2D eigenvalue weighted by atomic mass is 35.5. The summed E-state index contributed by atoms with van der Waals surface area (Å²) in [5.41, 5.74) is 0.948. The maximum Gasteiger partial charge on any atom is 0.243 e. The van der Waals surface area contributed by atoms with Crippen LogP contribution in [-0.2, 0) is 11.2 Å². The Bertz CT molecular complexity index is 782. The Hall–Kier alpha value is -1.79. The fourth-order valence-corrected chi connectivity index (χ4v) is 4.11. The number of rotatable bonds is 8. The molecule has 144 valence electrons. The average molecular weight is 405 g/mol. The van der Waals surface area contributed by atoms with E-state index in [0.29, 0.717) is 17.6 Å². The third kappa shape index (κ3) is 5.59. The summed E-state index contributed by atoms with van der Waals surface area (Å²) in [5.74, 6) is 0.948. The molecule has 1 N–H and O–H groups in total. The zero-order chi connectivity index (χ0) is 19.1. The van der Waals surface area contributed by atoms with E-state index >= 15 is 0 Å². The number of amides is 1. The molecule has 0 radical (unpaired) electrons. The van der Waals surface area contributed by atoms with Gasteiger partial charge in [0.15, 0.2) is 5.16 Å². The normalized spacial score (nSPS) is 14.9. The highest BCUT2D eigenvalue weighted by Gasteiger charge is 2.23. The summed E-state index contributed by atoms with van der Waals surface area (Å²) in [5, 5.41) is 13.3. The maximum absolute atomic E-state index is 12.0. The summed E-state index contributed by atoms with van der Waals surface area (Å²) in [6, 6.07) is 7.91. The van der Waals surface area contributed by atoms with Crippen molar-refractivity contribution in [3.05, 3.63) is 46.8 Å². The lowest BCUT2D eigenvalue weighted by Gasteiger charge is -2.16. The summed E-state index contributed by atoms with van der Waals surface area (Å²) in [6.45, 7) is 0.621. The lowest BCUT2D eigenvalue weighted by Crippen LogP contribution is -2.23. The number of aryl methyl sites for hydroxylation is 1. The molecule has 2 aromatic rings. The molecule has 0 saturated heterocycles. The molecule has 1 heterocycles. The van der Waals surface area contributed by atoms with Gasteiger partial charge in [-0.15, -0.1) is 10.2 Å². The number of hydrogen-bond acceptors (Lipinski definition) is 4. The van der Waals surface area contributed by atoms with Crippen molar-refractivity contribution in [1.29, 1.82) is 0 Å². The second kappa shape index (κ2) is 9.95. The van der Waals surface area contributed by atoms with E-state index < -0.39 is 0 Å². The van der Waals surface area contributed by atoms with Crippen molar-refractivity contribution in [3.63, 3.8) is 0 Å². The van der Waals surface area contributed by atoms with E-state index in [1.807, 2.05) is 30.5 Å². The number of nitrogens with one attached hydrogen (secondary N) is 1. The Morgan fingerprint density at radius 1 is 1.30 bits per heavy atom. The van der Waals surface area contributed by atoms with Crippen LogP contribution in [0.5, 0.6) is 0 Å². The van der Waals surface area contributed by atoms with E-state index in [1.165, 1.54) is 25.7 Å². The van der Waals surface area contributed by atoms with Crippen LogP contribution in [-0.4, -0.2) is 33.5 Å². The van der Waals surface area contributed by atoms with Gasteiger partial charge in [0, 0.05) is 30.1 Å². The fraction of sp³-hybridized carbons (Fsp3) is 0.450. The molecule has 1 aliphatic carbocycles. The van der Waals surface area contributed by atoms with E-state index in [1.54, 1.807) is 23.9 Å². The van der Waals surface area contributed by atoms with E-state index in [4.69, 9.17) is 11.6 Å². The van der Waals surface area contributed by atoms with Crippen molar-refractivity contribution in [2.24, 2.45) is 0 Å². The van der Waals surface area contributed by atoms with Gasteiger partial charge in [-0.2, -0.15) is 0 Å². The minimum Gasteiger partial charge on any atom is -0.353 e. The third-order valence-corrected chi connectivity index (χ3v) is 5.68. The molecule has 3 rings (SSSR count). The Kier molecular flexibility index (Phi) is 7.35. The molecule has 1 aliphatic rings. The second-order valence-electron chi connectivity index (χ2n) is 6.69. The van der Waals surface area contributed by atoms with Crippen molar-refractivity contribution >= 4 is 35.3 Å². The number of benzene rings is 1. The molecule has 1 amide bonds. The molecule has 7 heteroatoms. The summed E-state index contributed by atoms with van der Waals surface area (Å²) < 4.78 is 2.32. The molecule has 1 aromatic heterocycles. The summed E-state index contributed by atoms with van der Waals surface area (Å²) in [7, 11) is 0. The molecule has 1 aromatic carbocycles. The van der Waals surface area contributed by atoms with Gasteiger partial charge in [0.2, 0.25) is 5.91 Å². The molecular formula is C20H25ClN4OS. The van der Waals surface area contributed by atoms with Gasteiger partial charge < -0.3 is 9.88 Å². The topological polar surface area (TPSA) is 59.8 Å². The predicted octanol–water partition coefficient (Wildman–Crippen LogP) is 4.53. The van der Waals surface area contributed by atoms with Gasteiger partial charge in [0.25, 0.3) is 0 Å². The first-order valence-corrected chi connectivity index (χ1v) is 11.0. The number of halogens is 1. The van der Waals surface area contributed by atoms with E-state index in [-0.39, 0.29) is 5.91 Å². The first-order valence-electron chi connectivity index (χ1n) is 9.36. The van der Waals surface area contributed by atoms with Crippen LogP contribution in [0.4, 0.5) is 0 Å². The number of hydrogen-bond donors (Lipinski definition) is 1. The highest BCUT2D eigenvalue weighted by Crippen LogP contribution is 2.33. The van der Waals surface area contributed by atoms with Crippen LogP contribution in [0.1, 0.15) is 49.5 Å². The smallest absolute Gasteiger partial charge is 0.243 e. The van der Waals surface area contributed by atoms with E-state index in [2.05, 4.69) is 20.1 Å². The van der Waals surface area contributed by atoms with Crippen molar-refractivity contribution in [2.45, 2.75) is 49.7 Å². The van der Waals surface area contributed by atoms with Gasteiger partial charge in [-0.05, 0) is 49.3 Å². The average Bonchev–Trinajstić information content (AvgIpc) is 3.33. The van der Waals surface area contributed by atoms with Crippen molar-refractivity contribution in [1.82, 2.24) is 20.1 Å². The molecule has 0 atom stereocenters. The van der Waals surface area contributed by atoms with Crippen molar-refractivity contribution in [3.8, 4) is 0 Å². The number of aromatic nitrogens is 3. The molecule has 0 spiro atoms. The molecule has 27 heavy (non-hydrogen) atoms. The van der Waals surface area contributed by atoms with Crippen molar-refractivity contribution in [2.75, 3.05) is 12.8 Å². The number of nitrogens with zero attached hydrogens (tertiary/aromatic N) is 3. The first kappa shape index (κ1) is 20.0. The standard InChI is InChI=1S/C20H25ClN4OS/c1-27-20-24-23-18(25(20)17-5-2-3-6-17)7-4-14-22-19(26)13-10-15-8-11-16(21)12-9-15/h8-13,17H,2-7,14H2,1H3,(H,22,26)/b13-10+. The van der Waals surface area contributed by atoms with Crippen molar-refractivity contribution < 1.29 is 4.79 Å². The van der Waals surface area contributed by atoms with Gasteiger partial charge in [0.1, 0.15) is 5.82 Å². The number of thioether (sulfide) groups is 1. The minimum absolute atomic E-state index is 0.0907. The lowest BCUT2D eigenvalue weighted by molar-refractivity contribution is -0.116. The predicted molar refractivity (Wildman–Crippen MR) is 111 cm³/mol. The Balaban J connectivity index is 1.46. The summed E-state index contributed by atoms with van der Waals surface area (Å²) in [6.07, 6.45) is 12.1. The maximum atomic E-state index is 12.0. The van der Waals surface area contributed by atoms with Crippen LogP contribution in [0.3, 0.4) is 0 Å². The highest BCUT2D eigenvalue weighted by molar-refractivity contribution is 7.98. The number of carbonyl (C=O) groups is 1. The van der Waals surface area contributed by atoms with E-state index in [9.17, 15) is 4.79 Å². The van der Waals surface area contributed by atoms with Crippen LogP contribution in [0.2, 0.25) is 5.02 Å². The molecular weight excluding hydrogens is 380 g/mol. The zero-order valence-corrected chi connectivity index (χ0v) is 17.1. The quantitative estimate of drug-likeness (QED) is 0.399. The fourth-order valence-electron chi connectivity index (χ4n) is 3.41. The molecule has 0 unspecified atom stereocenters. The monoisotopic (exact) mass is 404 g/mol. The third-order valence-electron chi connectivity index (χ3n) is 4.78. The lowest BCUT2D eigenvalue weighted by atomic mass is 10.2. The van der Waals surface area contributed by atoms with Gasteiger partial charge in [-0.3, -0.25) is 4.79 Å². The van der Waals surface area contributed by atoms with Crippen LogP contribution < -0.4 is 5.32 Å². The van der Waals surface area contributed by atoms with Crippen LogP contribution in [0.25, 0.3) is 6.08 Å². The Morgan fingerprint density at radius 2 is 2.04 bits per heavy atom. The second-order valence-corrected chi connectivity index (χ2v) is 7.90. The van der Waals surface area contributed by atoms with Crippen LogP contribution >= 0.6 is 23.4 Å². The van der Waals surface area contributed by atoms with E-state index in [0.717, 1.165) is 29.4 Å². The molecule has 0 aliphatic heterocycles.